The number of hydrogen-bond donors (Lipinski definition) is 2. The molecule has 5 nitrogen and oxygen atoms in total. The van der Waals surface area contributed by atoms with Gasteiger partial charge in [0.05, 0.1) is 6.54 Å². The van der Waals surface area contributed by atoms with Crippen molar-refractivity contribution in [2.24, 2.45) is 10.9 Å². The van der Waals surface area contributed by atoms with Crippen LogP contribution in [0.4, 0.5) is 0 Å². The van der Waals surface area contributed by atoms with Crippen molar-refractivity contribution in [2.75, 3.05) is 26.2 Å². The maximum atomic E-state index is 12.4. The van der Waals surface area contributed by atoms with E-state index in [1.54, 1.807) is 0 Å². The molecule has 1 saturated heterocycles. The summed E-state index contributed by atoms with van der Waals surface area (Å²) in [6.45, 7) is 5.70. The van der Waals surface area contributed by atoms with Gasteiger partial charge in [-0.15, -0.1) is 24.0 Å². The van der Waals surface area contributed by atoms with Crippen molar-refractivity contribution in [3.8, 4) is 0 Å². The number of likely N-dealkylation sites (tertiary alicyclic amines) is 1. The third kappa shape index (κ3) is 7.80. The highest BCUT2D eigenvalue weighted by Crippen LogP contribution is 2.17. The Labute approximate surface area is 201 Å². The summed E-state index contributed by atoms with van der Waals surface area (Å²) in [4.78, 5) is 19.0. The van der Waals surface area contributed by atoms with Crippen molar-refractivity contribution in [3.05, 3.63) is 70.7 Å². The number of guanidine groups is 1. The number of benzene rings is 2. The van der Waals surface area contributed by atoms with Gasteiger partial charge in [0, 0.05) is 43.5 Å². The molecular weight excluding hydrogens is 511 g/mol. The fourth-order valence-corrected chi connectivity index (χ4v) is 3.72. The number of hydrogen-bond acceptors (Lipinski definition) is 2. The average molecular weight is 541 g/mol. The highest BCUT2D eigenvalue weighted by atomic mass is 127. The van der Waals surface area contributed by atoms with Gasteiger partial charge in [-0.25, -0.2) is 4.99 Å². The Kier molecular flexibility index (Phi) is 10.4. The molecule has 1 atom stereocenters. The van der Waals surface area contributed by atoms with Crippen LogP contribution < -0.4 is 10.6 Å². The number of nitrogens with one attached hydrogen (secondary N) is 2. The van der Waals surface area contributed by atoms with Crippen LogP contribution in [0.5, 0.6) is 0 Å². The summed E-state index contributed by atoms with van der Waals surface area (Å²) < 4.78 is 0. The molecule has 7 heteroatoms. The second kappa shape index (κ2) is 12.8. The molecule has 30 heavy (non-hydrogen) atoms. The number of amides is 1. The number of rotatable bonds is 8. The summed E-state index contributed by atoms with van der Waals surface area (Å²) in [6.07, 6.45) is 1.49. The van der Waals surface area contributed by atoms with E-state index in [2.05, 4.69) is 27.8 Å². The molecule has 1 aliphatic rings. The van der Waals surface area contributed by atoms with E-state index >= 15 is 0 Å². The Balaban J connectivity index is 0.00000320. The average Bonchev–Trinajstić information content (AvgIpc) is 3.09. The minimum absolute atomic E-state index is 0. The lowest BCUT2D eigenvalue weighted by atomic mass is 10.1. The number of halogens is 2. The Bertz CT molecular complexity index is 831. The molecule has 1 unspecified atom stereocenters. The molecule has 0 saturated carbocycles. The first-order valence-electron chi connectivity index (χ1n) is 10.2. The summed E-state index contributed by atoms with van der Waals surface area (Å²) in [7, 11) is 0. The minimum Gasteiger partial charge on any atom is -0.357 e. The van der Waals surface area contributed by atoms with E-state index in [4.69, 9.17) is 11.6 Å². The SMILES string of the molecule is CCNC(=NCc1cccc(Cl)c1)NCC1CC(=O)N(CCc2ccccc2)C1.I. The zero-order valence-electron chi connectivity index (χ0n) is 17.3. The van der Waals surface area contributed by atoms with E-state index < -0.39 is 0 Å². The zero-order valence-corrected chi connectivity index (χ0v) is 20.4. The maximum Gasteiger partial charge on any atom is 0.223 e. The van der Waals surface area contributed by atoms with E-state index in [9.17, 15) is 4.79 Å². The quantitative estimate of drug-likeness (QED) is 0.301. The number of carbonyl (C=O) groups excluding carboxylic acids is 1. The van der Waals surface area contributed by atoms with E-state index in [0.29, 0.717) is 18.9 Å². The highest BCUT2D eigenvalue weighted by Gasteiger charge is 2.29. The molecule has 1 heterocycles. The normalized spacial score (nSPS) is 16.3. The second-order valence-electron chi connectivity index (χ2n) is 7.35. The molecular formula is C23H30ClIN4O. The van der Waals surface area contributed by atoms with Crippen LogP contribution in [0.15, 0.2) is 59.6 Å². The molecule has 1 fully saturated rings. The Morgan fingerprint density at radius 2 is 1.90 bits per heavy atom. The molecule has 2 N–H and O–H groups in total. The first-order chi connectivity index (χ1) is 14.1. The van der Waals surface area contributed by atoms with Crippen LogP contribution in [0.25, 0.3) is 0 Å². The summed E-state index contributed by atoms with van der Waals surface area (Å²) in [5, 5.41) is 7.38. The van der Waals surface area contributed by atoms with Crippen LogP contribution in [0.1, 0.15) is 24.5 Å². The molecule has 0 bridgehead atoms. The highest BCUT2D eigenvalue weighted by molar-refractivity contribution is 14.0. The van der Waals surface area contributed by atoms with Crippen molar-refractivity contribution < 1.29 is 4.79 Å². The van der Waals surface area contributed by atoms with Crippen LogP contribution in [-0.4, -0.2) is 42.9 Å². The summed E-state index contributed by atoms with van der Waals surface area (Å²) >= 11 is 6.04. The number of carbonyl (C=O) groups is 1. The van der Waals surface area contributed by atoms with Gasteiger partial charge < -0.3 is 15.5 Å². The van der Waals surface area contributed by atoms with E-state index in [1.807, 2.05) is 54.3 Å². The fourth-order valence-electron chi connectivity index (χ4n) is 3.50. The smallest absolute Gasteiger partial charge is 0.223 e. The molecule has 2 aromatic rings. The molecule has 1 amide bonds. The van der Waals surface area contributed by atoms with Crippen LogP contribution in [0.3, 0.4) is 0 Å². The lowest BCUT2D eigenvalue weighted by Crippen LogP contribution is -2.40. The summed E-state index contributed by atoms with van der Waals surface area (Å²) in [5.41, 5.74) is 2.34. The monoisotopic (exact) mass is 540 g/mol. The predicted octanol–water partition coefficient (Wildman–Crippen LogP) is 4.10. The third-order valence-electron chi connectivity index (χ3n) is 5.02. The largest absolute Gasteiger partial charge is 0.357 e. The van der Waals surface area contributed by atoms with Gasteiger partial charge in [0.15, 0.2) is 5.96 Å². The van der Waals surface area contributed by atoms with Crippen LogP contribution in [0, 0.1) is 5.92 Å². The standard InChI is InChI=1S/C23H29ClN4O.HI/c1-2-25-23(26-15-19-9-6-10-21(24)13-19)27-16-20-14-22(29)28(17-20)12-11-18-7-4-3-5-8-18;/h3-10,13,20H,2,11-12,14-17H2,1H3,(H2,25,26,27);1H. The molecule has 0 spiro atoms. The third-order valence-corrected chi connectivity index (χ3v) is 5.25. The van der Waals surface area contributed by atoms with E-state index in [-0.39, 0.29) is 29.9 Å². The van der Waals surface area contributed by atoms with Gasteiger partial charge in [-0.1, -0.05) is 54.1 Å². The van der Waals surface area contributed by atoms with Gasteiger partial charge in [0.2, 0.25) is 5.91 Å². The molecule has 3 rings (SSSR count). The van der Waals surface area contributed by atoms with Gasteiger partial charge in [0.25, 0.3) is 0 Å². The first kappa shape index (κ1) is 24.5. The number of nitrogens with zero attached hydrogens (tertiary/aromatic N) is 2. The topological polar surface area (TPSA) is 56.7 Å². The zero-order chi connectivity index (χ0) is 20.5. The summed E-state index contributed by atoms with van der Waals surface area (Å²) in [5.74, 6) is 1.31. The van der Waals surface area contributed by atoms with E-state index in [0.717, 1.165) is 49.1 Å². The molecule has 0 aromatic heterocycles. The fraction of sp³-hybridized carbons (Fsp3) is 0.391. The number of aliphatic imine (C=N–C) groups is 1. The van der Waals surface area contributed by atoms with Crippen LogP contribution in [0.2, 0.25) is 5.02 Å². The van der Waals surface area contributed by atoms with Crippen molar-refractivity contribution in [1.29, 1.82) is 0 Å². The maximum absolute atomic E-state index is 12.4. The van der Waals surface area contributed by atoms with Crippen molar-refractivity contribution >= 4 is 47.4 Å². The Morgan fingerprint density at radius 3 is 2.63 bits per heavy atom. The van der Waals surface area contributed by atoms with Crippen LogP contribution >= 0.6 is 35.6 Å². The summed E-state index contributed by atoms with van der Waals surface area (Å²) in [6, 6.07) is 18.0. The van der Waals surface area contributed by atoms with Crippen molar-refractivity contribution in [3.63, 3.8) is 0 Å². The molecule has 0 radical (unpaired) electrons. The van der Waals surface area contributed by atoms with Gasteiger partial charge >= 0.3 is 0 Å². The molecule has 162 valence electrons. The van der Waals surface area contributed by atoms with Crippen molar-refractivity contribution in [1.82, 2.24) is 15.5 Å². The van der Waals surface area contributed by atoms with Gasteiger partial charge in [-0.2, -0.15) is 0 Å². The van der Waals surface area contributed by atoms with Gasteiger partial charge in [0.1, 0.15) is 0 Å². The molecule has 1 aliphatic heterocycles. The Morgan fingerprint density at radius 1 is 1.13 bits per heavy atom. The van der Waals surface area contributed by atoms with E-state index in [1.165, 1.54) is 5.56 Å². The minimum atomic E-state index is 0. The first-order valence-corrected chi connectivity index (χ1v) is 10.6. The second-order valence-corrected chi connectivity index (χ2v) is 7.79. The van der Waals surface area contributed by atoms with Crippen LogP contribution in [-0.2, 0) is 17.8 Å². The van der Waals surface area contributed by atoms with Gasteiger partial charge in [-0.05, 0) is 36.6 Å². The lowest BCUT2D eigenvalue weighted by Gasteiger charge is -2.18. The Hall–Kier alpha value is -1.80. The lowest BCUT2D eigenvalue weighted by molar-refractivity contribution is -0.127. The molecule has 2 aromatic carbocycles. The van der Waals surface area contributed by atoms with Gasteiger partial charge in [-0.3, -0.25) is 4.79 Å². The molecule has 0 aliphatic carbocycles. The predicted molar refractivity (Wildman–Crippen MR) is 135 cm³/mol. The van der Waals surface area contributed by atoms with Crippen molar-refractivity contribution in [2.45, 2.75) is 26.3 Å².